The predicted octanol–water partition coefficient (Wildman–Crippen LogP) is 4.02. The minimum atomic E-state index is -0.103. The van der Waals surface area contributed by atoms with E-state index in [1.165, 1.54) is 23.6 Å². The van der Waals surface area contributed by atoms with E-state index in [1.54, 1.807) is 0 Å². The third kappa shape index (κ3) is 3.62. The number of hydrogen-bond donors (Lipinski definition) is 2. The molecule has 0 unspecified atom stereocenters. The number of para-hydroxylation sites is 1. The second kappa shape index (κ2) is 7.19. The van der Waals surface area contributed by atoms with Crippen LogP contribution in [0.2, 0.25) is 0 Å². The average Bonchev–Trinajstić information content (AvgIpc) is 3.02. The van der Waals surface area contributed by atoms with Crippen LogP contribution >= 0.6 is 15.9 Å². The Morgan fingerprint density at radius 3 is 2.70 bits per heavy atom. The standard InChI is InChI=1S/C21H20BrN3O2/c1-13(26)23-15-7-5-14(6-8-15)11-20(27)25-10-9-19-17(12-25)16-3-2-4-18(22)21(16)24-19/h2-8,24H,9-12H2,1H3,(H,23,26). The molecule has 4 rings (SSSR count). The number of aromatic nitrogens is 1. The Morgan fingerprint density at radius 2 is 1.96 bits per heavy atom. The molecule has 0 bridgehead atoms. The summed E-state index contributed by atoms with van der Waals surface area (Å²) in [5.41, 5.74) is 5.23. The first-order chi connectivity index (χ1) is 13.0. The van der Waals surface area contributed by atoms with Crippen molar-refractivity contribution in [3.05, 3.63) is 63.8 Å². The van der Waals surface area contributed by atoms with E-state index in [-0.39, 0.29) is 11.8 Å². The number of carbonyl (C=O) groups excluding carboxylic acids is 2. The number of carbonyl (C=O) groups is 2. The molecule has 6 heteroatoms. The van der Waals surface area contributed by atoms with E-state index in [1.807, 2.05) is 41.3 Å². The molecular formula is C21H20BrN3O2. The van der Waals surface area contributed by atoms with E-state index in [9.17, 15) is 9.59 Å². The molecule has 2 amide bonds. The molecule has 27 heavy (non-hydrogen) atoms. The lowest BCUT2D eigenvalue weighted by Crippen LogP contribution is -2.36. The van der Waals surface area contributed by atoms with Gasteiger partial charge in [0.05, 0.1) is 11.9 Å². The van der Waals surface area contributed by atoms with Gasteiger partial charge in [-0.15, -0.1) is 0 Å². The smallest absolute Gasteiger partial charge is 0.227 e. The Kier molecular flexibility index (Phi) is 4.74. The van der Waals surface area contributed by atoms with Crippen LogP contribution in [-0.2, 0) is 29.0 Å². The van der Waals surface area contributed by atoms with E-state index in [0.29, 0.717) is 13.0 Å². The molecule has 0 spiro atoms. The highest BCUT2D eigenvalue weighted by Crippen LogP contribution is 2.32. The van der Waals surface area contributed by atoms with Gasteiger partial charge >= 0.3 is 0 Å². The van der Waals surface area contributed by atoms with Crippen molar-refractivity contribution in [2.45, 2.75) is 26.3 Å². The molecule has 138 valence electrons. The van der Waals surface area contributed by atoms with Crippen molar-refractivity contribution in [3.63, 3.8) is 0 Å². The minimum Gasteiger partial charge on any atom is -0.357 e. The average molecular weight is 426 g/mol. The Balaban J connectivity index is 1.48. The lowest BCUT2D eigenvalue weighted by molar-refractivity contribution is -0.131. The molecule has 2 N–H and O–H groups in total. The van der Waals surface area contributed by atoms with Crippen molar-refractivity contribution >= 4 is 44.3 Å². The molecule has 0 fully saturated rings. The summed E-state index contributed by atoms with van der Waals surface area (Å²) in [6, 6.07) is 13.6. The first kappa shape index (κ1) is 17.8. The summed E-state index contributed by atoms with van der Waals surface area (Å²) < 4.78 is 1.05. The summed E-state index contributed by atoms with van der Waals surface area (Å²) in [6.07, 6.45) is 1.20. The van der Waals surface area contributed by atoms with E-state index < -0.39 is 0 Å². The lowest BCUT2D eigenvalue weighted by Gasteiger charge is -2.27. The van der Waals surface area contributed by atoms with Gasteiger partial charge in [0.15, 0.2) is 0 Å². The van der Waals surface area contributed by atoms with Gasteiger partial charge in [-0.3, -0.25) is 9.59 Å². The first-order valence-corrected chi connectivity index (χ1v) is 9.73. The molecule has 1 aliphatic rings. The van der Waals surface area contributed by atoms with Gasteiger partial charge in [0.25, 0.3) is 0 Å². The molecule has 0 radical (unpaired) electrons. The molecule has 3 aromatic rings. The number of fused-ring (bicyclic) bond motifs is 3. The second-order valence-electron chi connectivity index (χ2n) is 6.86. The Hall–Kier alpha value is -2.60. The summed E-state index contributed by atoms with van der Waals surface area (Å²) in [4.78, 5) is 29.3. The van der Waals surface area contributed by atoms with Gasteiger partial charge in [-0.05, 0) is 39.7 Å². The van der Waals surface area contributed by atoms with Crippen LogP contribution in [0.15, 0.2) is 46.9 Å². The Labute approximate surface area is 165 Å². The number of aromatic amines is 1. The summed E-state index contributed by atoms with van der Waals surface area (Å²) in [5, 5.41) is 3.91. The zero-order valence-electron chi connectivity index (χ0n) is 15.0. The van der Waals surface area contributed by atoms with Crippen molar-refractivity contribution < 1.29 is 9.59 Å². The van der Waals surface area contributed by atoms with Crippen LogP contribution in [0.25, 0.3) is 10.9 Å². The van der Waals surface area contributed by atoms with E-state index in [0.717, 1.165) is 34.2 Å². The molecular weight excluding hydrogens is 406 g/mol. The number of anilines is 1. The highest BCUT2D eigenvalue weighted by Gasteiger charge is 2.24. The van der Waals surface area contributed by atoms with Crippen molar-refractivity contribution in [2.24, 2.45) is 0 Å². The fourth-order valence-electron chi connectivity index (χ4n) is 3.61. The molecule has 0 saturated carbocycles. The van der Waals surface area contributed by atoms with Gasteiger partial charge in [0.1, 0.15) is 0 Å². The number of rotatable bonds is 3. The molecule has 0 atom stereocenters. The van der Waals surface area contributed by atoms with E-state index in [2.05, 4.69) is 32.3 Å². The SMILES string of the molecule is CC(=O)Nc1ccc(CC(=O)N2CCc3[nH]c4c(Br)cccc4c3C2)cc1. The van der Waals surface area contributed by atoms with Crippen LogP contribution in [0.4, 0.5) is 5.69 Å². The summed E-state index contributed by atoms with van der Waals surface area (Å²) >= 11 is 3.59. The maximum absolute atomic E-state index is 12.8. The Morgan fingerprint density at radius 1 is 1.19 bits per heavy atom. The highest BCUT2D eigenvalue weighted by molar-refractivity contribution is 9.10. The number of amides is 2. The van der Waals surface area contributed by atoms with E-state index >= 15 is 0 Å². The van der Waals surface area contributed by atoms with Gasteiger partial charge in [-0.25, -0.2) is 0 Å². The largest absolute Gasteiger partial charge is 0.357 e. The maximum atomic E-state index is 12.8. The lowest BCUT2D eigenvalue weighted by atomic mass is 10.0. The summed E-state index contributed by atoms with van der Waals surface area (Å²) in [5.74, 6) is 0.0191. The maximum Gasteiger partial charge on any atom is 0.227 e. The zero-order valence-corrected chi connectivity index (χ0v) is 16.6. The molecule has 0 saturated heterocycles. The molecule has 0 aliphatic carbocycles. The monoisotopic (exact) mass is 425 g/mol. The number of nitrogens with one attached hydrogen (secondary N) is 2. The molecule has 2 heterocycles. The van der Waals surface area contributed by atoms with Crippen LogP contribution < -0.4 is 5.32 Å². The van der Waals surface area contributed by atoms with Crippen molar-refractivity contribution in [1.82, 2.24) is 9.88 Å². The third-order valence-electron chi connectivity index (χ3n) is 4.94. The van der Waals surface area contributed by atoms with Crippen molar-refractivity contribution in [1.29, 1.82) is 0 Å². The second-order valence-corrected chi connectivity index (χ2v) is 7.72. The van der Waals surface area contributed by atoms with Crippen LogP contribution in [-0.4, -0.2) is 28.2 Å². The van der Waals surface area contributed by atoms with Crippen molar-refractivity contribution in [2.75, 3.05) is 11.9 Å². The first-order valence-electron chi connectivity index (χ1n) is 8.93. The number of H-pyrrole nitrogens is 1. The molecule has 5 nitrogen and oxygen atoms in total. The van der Waals surface area contributed by atoms with Crippen LogP contribution in [0.5, 0.6) is 0 Å². The summed E-state index contributed by atoms with van der Waals surface area (Å²) in [7, 11) is 0. The number of benzene rings is 2. The quantitative estimate of drug-likeness (QED) is 0.665. The van der Waals surface area contributed by atoms with Crippen LogP contribution in [0, 0.1) is 0 Å². The van der Waals surface area contributed by atoms with Crippen molar-refractivity contribution in [3.8, 4) is 0 Å². The number of hydrogen-bond acceptors (Lipinski definition) is 2. The minimum absolute atomic E-state index is 0.103. The highest BCUT2D eigenvalue weighted by atomic mass is 79.9. The fraction of sp³-hybridized carbons (Fsp3) is 0.238. The van der Waals surface area contributed by atoms with Gasteiger partial charge in [0.2, 0.25) is 11.8 Å². The van der Waals surface area contributed by atoms with Gasteiger partial charge < -0.3 is 15.2 Å². The topological polar surface area (TPSA) is 65.2 Å². The number of nitrogens with zero attached hydrogens (tertiary/aromatic N) is 1. The molecule has 1 aromatic heterocycles. The molecule has 2 aromatic carbocycles. The Bertz CT molecular complexity index is 1020. The van der Waals surface area contributed by atoms with Crippen LogP contribution in [0.1, 0.15) is 23.7 Å². The van der Waals surface area contributed by atoms with Gasteiger partial charge in [-0.1, -0.05) is 24.3 Å². The zero-order chi connectivity index (χ0) is 19.0. The summed E-state index contributed by atoms with van der Waals surface area (Å²) in [6.45, 7) is 2.83. The third-order valence-corrected chi connectivity index (χ3v) is 5.60. The van der Waals surface area contributed by atoms with Gasteiger partial charge in [-0.2, -0.15) is 0 Å². The number of halogens is 1. The van der Waals surface area contributed by atoms with Gasteiger partial charge in [0, 0.05) is 53.2 Å². The predicted molar refractivity (Wildman–Crippen MR) is 110 cm³/mol. The molecule has 1 aliphatic heterocycles. The van der Waals surface area contributed by atoms with Crippen LogP contribution in [0.3, 0.4) is 0 Å². The fourth-order valence-corrected chi connectivity index (χ4v) is 4.08. The normalized spacial score (nSPS) is 13.5. The van der Waals surface area contributed by atoms with E-state index in [4.69, 9.17) is 0 Å².